The SMILES string of the molecule is CC(C[C@@H](c1cn(CC(C)(C)C)c2cc(-c3ccc(F)cc3C(F)(F)F)ccc12)C(F)(F)F)S(N)=O. The van der Waals surface area contributed by atoms with Crippen LogP contribution >= 0.6 is 0 Å². The summed E-state index contributed by atoms with van der Waals surface area (Å²) in [5.74, 6) is -3.03. The highest BCUT2D eigenvalue weighted by atomic mass is 32.2. The summed E-state index contributed by atoms with van der Waals surface area (Å²) < 4.78 is 110. The van der Waals surface area contributed by atoms with Crippen LogP contribution < -0.4 is 5.14 Å². The van der Waals surface area contributed by atoms with Gasteiger partial charge in [0.15, 0.2) is 0 Å². The van der Waals surface area contributed by atoms with Crippen LogP contribution in [-0.2, 0) is 23.7 Å². The molecule has 0 aliphatic carbocycles. The van der Waals surface area contributed by atoms with E-state index in [4.69, 9.17) is 5.14 Å². The number of benzene rings is 2. The Hall–Kier alpha value is -2.40. The lowest BCUT2D eigenvalue weighted by atomic mass is 9.92. The van der Waals surface area contributed by atoms with Crippen molar-refractivity contribution < 1.29 is 34.9 Å². The molecule has 0 fully saturated rings. The van der Waals surface area contributed by atoms with Crippen LogP contribution in [0.4, 0.5) is 30.7 Å². The summed E-state index contributed by atoms with van der Waals surface area (Å²) in [7, 11) is -1.97. The van der Waals surface area contributed by atoms with Crippen molar-refractivity contribution in [3.05, 3.63) is 59.5 Å². The van der Waals surface area contributed by atoms with Gasteiger partial charge in [0.1, 0.15) is 5.82 Å². The van der Waals surface area contributed by atoms with Gasteiger partial charge in [-0.2, -0.15) is 26.3 Å². The maximum Gasteiger partial charge on any atom is 0.417 e. The predicted octanol–water partition coefficient (Wildman–Crippen LogP) is 7.56. The molecule has 3 rings (SSSR count). The predicted molar refractivity (Wildman–Crippen MR) is 127 cm³/mol. The molecule has 3 aromatic rings. The first-order chi connectivity index (χ1) is 16.4. The second-order valence-electron chi connectivity index (χ2n) is 10.2. The molecule has 3 atom stereocenters. The normalized spacial score (nSPS) is 15.8. The molecule has 3 nitrogen and oxygen atoms in total. The molecule has 1 aromatic heterocycles. The van der Waals surface area contributed by atoms with Gasteiger partial charge in [-0.05, 0) is 53.6 Å². The molecule has 2 aromatic carbocycles. The van der Waals surface area contributed by atoms with Crippen molar-refractivity contribution in [1.29, 1.82) is 0 Å². The van der Waals surface area contributed by atoms with Crippen molar-refractivity contribution in [3.8, 4) is 11.1 Å². The van der Waals surface area contributed by atoms with E-state index >= 15 is 0 Å². The summed E-state index contributed by atoms with van der Waals surface area (Å²) in [5.41, 5.74) is -1.49. The van der Waals surface area contributed by atoms with Crippen LogP contribution in [0.3, 0.4) is 0 Å². The molecular weight excluding hydrogens is 509 g/mol. The fourth-order valence-corrected chi connectivity index (χ4v) is 4.66. The Labute approximate surface area is 207 Å². The van der Waals surface area contributed by atoms with E-state index in [1.165, 1.54) is 31.3 Å². The Balaban J connectivity index is 2.27. The van der Waals surface area contributed by atoms with Gasteiger partial charge in [0.05, 0.1) is 22.5 Å². The van der Waals surface area contributed by atoms with E-state index in [1.807, 2.05) is 20.8 Å². The standard InChI is InChI=1S/C25H27F7N2OS/c1-14(36(33)35)9-20(24(27,28)29)19-12-34(13-23(2,3)4)22-10-15(5-7-18(19)22)17-8-6-16(26)11-21(17)25(30,31)32/h5-8,10-12,14,20H,9,13,33H2,1-4H3/t14?,20-,36?/m0/s1. The van der Waals surface area contributed by atoms with Crippen molar-refractivity contribution >= 4 is 21.9 Å². The van der Waals surface area contributed by atoms with E-state index in [-0.39, 0.29) is 34.0 Å². The van der Waals surface area contributed by atoms with Gasteiger partial charge in [-0.3, -0.25) is 5.14 Å². The molecule has 0 amide bonds. The molecule has 0 bridgehead atoms. The number of hydrogen-bond donors (Lipinski definition) is 1. The van der Waals surface area contributed by atoms with Crippen LogP contribution in [0.2, 0.25) is 0 Å². The average molecular weight is 537 g/mol. The highest BCUT2D eigenvalue weighted by molar-refractivity contribution is 7.83. The first-order valence-corrected chi connectivity index (χ1v) is 12.4. The summed E-state index contributed by atoms with van der Waals surface area (Å²) in [6.45, 7) is 7.29. The van der Waals surface area contributed by atoms with Crippen LogP contribution in [0.5, 0.6) is 0 Å². The lowest BCUT2D eigenvalue weighted by Gasteiger charge is -2.22. The number of hydrogen-bond acceptors (Lipinski definition) is 1. The van der Waals surface area contributed by atoms with Gasteiger partial charge in [-0.25, -0.2) is 8.60 Å². The van der Waals surface area contributed by atoms with Gasteiger partial charge in [-0.15, -0.1) is 0 Å². The third-order valence-corrected chi connectivity index (χ3v) is 6.88. The van der Waals surface area contributed by atoms with Gasteiger partial charge < -0.3 is 4.57 Å². The van der Waals surface area contributed by atoms with E-state index in [9.17, 15) is 34.9 Å². The summed E-state index contributed by atoms with van der Waals surface area (Å²) in [6.07, 6.45) is -8.66. The zero-order chi connectivity index (χ0) is 27.2. The number of aromatic nitrogens is 1. The Morgan fingerprint density at radius 3 is 2.17 bits per heavy atom. The second-order valence-corrected chi connectivity index (χ2v) is 11.6. The Kier molecular flexibility index (Phi) is 7.68. The number of halogens is 7. The fourth-order valence-electron chi connectivity index (χ4n) is 4.27. The van der Waals surface area contributed by atoms with Gasteiger partial charge in [0, 0.05) is 28.9 Å². The topological polar surface area (TPSA) is 48.0 Å². The lowest BCUT2D eigenvalue weighted by molar-refractivity contribution is -0.151. The molecule has 0 saturated heterocycles. The molecule has 0 aliphatic rings. The van der Waals surface area contributed by atoms with Crippen molar-refractivity contribution in [2.45, 2.75) is 64.2 Å². The molecular formula is C25H27F7N2OS. The Morgan fingerprint density at radius 2 is 1.64 bits per heavy atom. The second kappa shape index (κ2) is 9.81. The first kappa shape index (κ1) is 28.2. The van der Waals surface area contributed by atoms with Crippen molar-refractivity contribution in [3.63, 3.8) is 0 Å². The van der Waals surface area contributed by atoms with E-state index in [1.54, 1.807) is 4.57 Å². The minimum absolute atomic E-state index is 0.0687. The first-order valence-electron chi connectivity index (χ1n) is 11.1. The van der Waals surface area contributed by atoms with Crippen molar-refractivity contribution in [2.24, 2.45) is 10.6 Å². The smallest absolute Gasteiger partial charge is 0.347 e. The van der Waals surface area contributed by atoms with Crippen molar-refractivity contribution in [2.75, 3.05) is 0 Å². The monoisotopic (exact) mass is 536 g/mol. The Morgan fingerprint density at radius 1 is 1.00 bits per heavy atom. The summed E-state index contributed by atoms with van der Waals surface area (Å²) >= 11 is 0. The van der Waals surface area contributed by atoms with E-state index in [0.717, 1.165) is 12.1 Å². The van der Waals surface area contributed by atoms with E-state index in [0.29, 0.717) is 11.6 Å². The zero-order valence-electron chi connectivity index (χ0n) is 20.1. The Bertz CT molecular complexity index is 1270. The minimum atomic E-state index is -4.83. The van der Waals surface area contributed by atoms with Crippen LogP contribution in [-0.4, -0.2) is 20.2 Å². The summed E-state index contributed by atoms with van der Waals surface area (Å²) in [5, 5.41) is 4.61. The minimum Gasteiger partial charge on any atom is -0.347 e. The fraction of sp³-hybridized carbons (Fsp3) is 0.440. The molecule has 0 aliphatic heterocycles. The third kappa shape index (κ3) is 6.29. The molecule has 0 spiro atoms. The van der Waals surface area contributed by atoms with Crippen LogP contribution in [0.25, 0.3) is 22.0 Å². The average Bonchev–Trinajstić information content (AvgIpc) is 3.05. The number of fused-ring (bicyclic) bond motifs is 1. The molecule has 0 radical (unpaired) electrons. The molecule has 2 N–H and O–H groups in total. The zero-order valence-corrected chi connectivity index (χ0v) is 20.9. The highest BCUT2D eigenvalue weighted by Gasteiger charge is 2.43. The van der Waals surface area contributed by atoms with Gasteiger partial charge in [-0.1, -0.05) is 39.0 Å². The maximum atomic E-state index is 14.2. The number of nitrogens with zero attached hydrogens (tertiary/aromatic N) is 1. The summed E-state index contributed by atoms with van der Waals surface area (Å²) in [4.78, 5) is 0. The lowest BCUT2D eigenvalue weighted by Crippen LogP contribution is -2.28. The largest absolute Gasteiger partial charge is 0.417 e. The number of rotatable bonds is 6. The molecule has 1 heterocycles. The molecule has 0 saturated carbocycles. The highest BCUT2D eigenvalue weighted by Crippen LogP contribution is 2.44. The molecule has 11 heteroatoms. The molecule has 36 heavy (non-hydrogen) atoms. The number of nitrogens with two attached hydrogens (primary N) is 1. The van der Waals surface area contributed by atoms with Crippen molar-refractivity contribution in [1.82, 2.24) is 4.57 Å². The third-order valence-electron chi connectivity index (χ3n) is 5.89. The maximum absolute atomic E-state index is 14.2. The van der Waals surface area contributed by atoms with E-state index < -0.39 is 52.3 Å². The van der Waals surface area contributed by atoms with Gasteiger partial charge >= 0.3 is 12.4 Å². The van der Waals surface area contributed by atoms with Gasteiger partial charge in [0.25, 0.3) is 0 Å². The van der Waals surface area contributed by atoms with Crippen LogP contribution in [0.1, 0.15) is 51.2 Å². The van der Waals surface area contributed by atoms with E-state index in [2.05, 4.69) is 0 Å². The molecule has 198 valence electrons. The quantitative estimate of drug-likeness (QED) is 0.325. The molecule has 2 unspecified atom stereocenters. The van der Waals surface area contributed by atoms with Crippen LogP contribution in [0, 0.1) is 11.2 Å². The number of alkyl halides is 6. The summed E-state index contributed by atoms with van der Waals surface area (Å²) in [6, 6.07) is 6.35. The van der Waals surface area contributed by atoms with Crippen LogP contribution in [0.15, 0.2) is 42.6 Å². The van der Waals surface area contributed by atoms with Gasteiger partial charge in [0.2, 0.25) is 0 Å².